The molecule has 6 nitrogen and oxygen atoms in total. The van der Waals surface area contributed by atoms with E-state index < -0.39 is 12.1 Å². The van der Waals surface area contributed by atoms with Gasteiger partial charge in [-0.3, -0.25) is 9.59 Å². The second-order valence-corrected chi connectivity index (χ2v) is 23.9. The molecular formula is C69H135NO5. The molecule has 2 unspecified atom stereocenters. The summed E-state index contributed by atoms with van der Waals surface area (Å²) in [5.74, 6) is -0.0156. The van der Waals surface area contributed by atoms with Crippen molar-refractivity contribution in [2.24, 2.45) is 0 Å². The summed E-state index contributed by atoms with van der Waals surface area (Å²) in [5, 5.41) is 23.3. The number of nitrogens with one attached hydrogen (secondary N) is 1. The first-order valence-electron chi connectivity index (χ1n) is 34.4. The van der Waals surface area contributed by atoms with E-state index >= 15 is 0 Å². The summed E-state index contributed by atoms with van der Waals surface area (Å²) >= 11 is 0. The Morgan fingerprint density at radius 1 is 0.360 bits per heavy atom. The number of esters is 1. The first-order chi connectivity index (χ1) is 37.0. The zero-order valence-electron chi connectivity index (χ0n) is 51.1. The highest BCUT2D eigenvalue weighted by Gasteiger charge is 2.20. The Balaban J connectivity index is 3.31. The minimum atomic E-state index is -0.660. The number of allylic oxidation sites excluding steroid dienone is 2. The summed E-state index contributed by atoms with van der Waals surface area (Å²) in [6, 6.07) is -0.536. The van der Waals surface area contributed by atoms with E-state index in [4.69, 9.17) is 4.74 Å². The van der Waals surface area contributed by atoms with Crippen molar-refractivity contribution in [2.45, 2.75) is 405 Å². The van der Waals surface area contributed by atoms with Gasteiger partial charge in [-0.15, -0.1) is 0 Å². The van der Waals surface area contributed by atoms with Gasteiger partial charge in [0.25, 0.3) is 0 Å². The topological polar surface area (TPSA) is 95.9 Å². The summed E-state index contributed by atoms with van der Waals surface area (Å²) < 4.78 is 5.49. The third kappa shape index (κ3) is 61.7. The first-order valence-corrected chi connectivity index (χ1v) is 34.4. The fourth-order valence-corrected chi connectivity index (χ4v) is 11.1. The van der Waals surface area contributed by atoms with E-state index in [1.54, 1.807) is 0 Å². The number of aliphatic hydroxyl groups excluding tert-OH is 2. The number of carbonyl (C=O) groups excluding carboxylic acids is 2. The molecule has 446 valence electrons. The lowest BCUT2D eigenvalue weighted by Gasteiger charge is -2.22. The molecule has 0 radical (unpaired) electrons. The number of hydrogen-bond acceptors (Lipinski definition) is 5. The lowest BCUT2D eigenvalue weighted by molar-refractivity contribution is -0.143. The van der Waals surface area contributed by atoms with Gasteiger partial charge < -0.3 is 20.3 Å². The lowest BCUT2D eigenvalue weighted by atomic mass is 10.0. The van der Waals surface area contributed by atoms with Crippen molar-refractivity contribution in [3.63, 3.8) is 0 Å². The largest absolute Gasteiger partial charge is 0.466 e. The van der Waals surface area contributed by atoms with Crippen LogP contribution in [-0.2, 0) is 14.3 Å². The average molecular weight is 1060 g/mol. The van der Waals surface area contributed by atoms with Crippen LogP contribution >= 0.6 is 0 Å². The van der Waals surface area contributed by atoms with Crippen molar-refractivity contribution in [3.05, 3.63) is 12.2 Å². The molecule has 0 bridgehead atoms. The van der Waals surface area contributed by atoms with Gasteiger partial charge >= 0.3 is 5.97 Å². The van der Waals surface area contributed by atoms with Crippen LogP contribution in [0.15, 0.2) is 12.2 Å². The Labute approximate surface area is 469 Å². The molecule has 0 rings (SSSR count). The van der Waals surface area contributed by atoms with Crippen LogP contribution in [0.4, 0.5) is 0 Å². The molecule has 2 atom stereocenters. The maximum Gasteiger partial charge on any atom is 0.305 e. The van der Waals surface area contributed by atoms with E-state index in [1.165, 1.54) is 315 Å². The lowest BCUT2D eigenvalue weighted by Crippen LogP contribution is -2.45. The number of hydrogen-bond donors (Lipinski definition) is 3. The van der Waals surface area contributed by atoms with Crippen LogP contribution in [0.2, 0.25) is 0 Å². The molecule has 0 aromatic rings. The summed E-state index contributed by atoms with van der Waals surface area (Å²) in [6.45, 7) is 4.97. The molecule has 0 aliphatic rings. The highest BCUT2D eigenvalue weighted by Crippen LogP contribution is 2.19. The molecule has 0 aliphatic carbocycles. The second kappa shape index (κ2) is 65.1. The SMILES string of the molecule is CCCCCCC/C=C\CCCCCCCC(=O)OCCCCCCCCCCCCCCCCCCCCCCCCCCCCCCCCCC(=O)NC(CO)C(O)CCCCCCCCCCCCCCC. The standard InChI is InChI=1S/C69H135NO5/c1-3-5-7-9-11-13-15-17-39-43-47-51-55-59-63-69(74)75-64-60-56-52-48-44-40-36-34-32-30-28-26-24-22-20-18-19-21-23-25-27-29-31-33-35-38-42-46-50-54-58-62-68(73)70-66(65-71)67(72)61-57-53-49-45-41-37-16-14-12-10-8-6-4-2/h15,17,66-67,71-72H,3-14,16,18-65H2,1-2H3,(H,70,73)/b17-15-. The predicted molar refractivity (Wildman–Crippen MR) is 329 cm³/mol. The van der Waals surface area contributed by atoms with Crippen LogP contribution in [0.3, 0.4) is 0 Å². The fraction of sp³-hybridized carbons (Fsp3) is 0.942. The number of amides is 1. The van der Waals surface area contributed by atoms with Gasteiger partial charge in [0, 0.05) is 12.8 Å². The first kappa shape index (κ1) is 73.6. The van der Waals surface area contributed by atoms with Crippen molar-refractivity contribution in [2.75, 3.05) is 13.2 Å². The molecule has 1 amide bonds. The summed E-state index contributed by atoms with van der Waals surface area (Å²) in [7, 11) is 0. The van der Waals surface area contributed by atoms with E-state index in [1.807, 2.05) is 0 Å². The fourth-order valence-electron chi connectivity index (χ4n) is 11.1. The molecule has 0 saturated carbocycles. The maximum atomic E-state index is 12.5. The predicted octanol–water partition coefficient (Wildman–Crippen LogP) is 22.0. The molecule has 6 heteroatoms. The van der Waals surface area contributed by atoms with Crippen molar-refractivity contribution in [1.29, 1.82) is 0 Å². The smallest absolute Gasteiger partial charge is 0.305 e. The van der Waals surface area contributed by atoms with Crippen LogP contribution in [0, 0.1) is 0 Å². The molecule has 75 heavy (non-hydrogen) atoms. The van der Waals surface area contributed by atoms with Crippen molar-refractivity contribution >= 4 is 11.9 Å². The van der Waals surface area contributed by atoms with Crippen LogP contribution in [0.5, 0.6) is 0 Å². The number of rotatable bonds is 65. The Morgan fingerprint density at radius 2 is 0.627 bits per heavy atom. The molecule has 0 fully saturated rings. The number of ether oxygens (including phenoxy) is 1. The highest BCUT2D eigenvalue weighted by molar-refractivity contribution is 5.76. The highest BCUT2D eigenvalue weighted by atomic mass is 16.5. The normalized spacial score (nSPS) is 12.5. The zero-order valence-corrected chi connectivity index (χ0v) is 51.1. The molecular weight excluding hydrogens is 923 g/mol. The minimum Gasteiger partial charge on any atom is -0.466 e. The van der Waals surface area contributed by atoms with E-state index in [0.29, 0.717) is 25.9 Å². The Kier molecular flexibility index (Phi) is 63.9. The summed E-state index contributed by atoms with van der Waals surface area (Å²) in [4.78, 5) is 24.5. The second-order valence-electron chi connectivity index (χ2n) is 23.9. The van der Waals surface area contributed by atoms with Crippen molar-refractivity contribution < 1.29 is 24.5 Å². The van der Waals surface area contributed by atoms with Gasteiger partial charge in [-0.05, 0) is 51.4 Å². The van der Waals surface area contributed by atoms with Gasteiger partial charge in [0.2, 0.25) is 5.91 Å². The minimum absolute atomic E-state index is 0.0128. The van der Waals surface area contributed by atoms with Gasteiger partial charge in [-0.2, -0.15) is 0 Å². The van der Waals surface area contributed by atoms with Gasteiger partial charge in [-0.1, -0.05) is 341 Å². The van der Waals surface area contributed by atoms with Gasteiger partial charge in [0.15, 0.2) is 0 Å². The Hall–Kier alpha value is -1.40. The summed E-state index contributed by atoms with van der Waals surface area (Å²) in [6.07, 6.45) is 79.8. The number of carbonyl (C=O) groups is 2. The Bertz CT molecular complexity index is 1130. The third-order valence-electron chi connectivity index (χ3n) is 16.3. The maximum absolute atomic E-state index is 12.5. The molecule has 0 saturated heterocycles. The molecule has 0 heterocycles. The summed E-state index contributed by atoms with van der Waals surface area (Å²) in [5.41, 5.74) is 0. The van der Waals surface area contributed by atoms with Crippen LogP contribution < -0.4 is 5.32 Å². The molecule has 0 aliphatic heterocycles. The van der Waals surface area contributed by atoms with Crippen LogP contribution in [0.1, 0.15) is 393 Å². The zero-order chi connectivity index (χ0) is 54.3. The average Bonchev–Trinajstić information content (AvgIpc) is 3.41. The van der Waals surface area contributed by atoms with Gasteiger partial charge in [0.05, 0.1) is 25.4 Å². The van der Waals surface area contributed by atoms with Crippen LogP contribution in [0.25, 0.3) is 0 Å². The number of unbranched alkanes of at least 4 members (excludes halogenated alkanes) is 52. The molecule has 0 aromatic heterocycles. The van der Waals surface area contributed by atoms with E-state index in [-0.39, 0.29) is 18.5 Å². The van der Waals surface area contributed by atoms with Gasteiger partial charge in [-0.25, -0.2) is 0 Å². The van der Waals surface area contributed by atoms with Gasteiger partial charge in [0.1, 0.15) is 0 Å². The Morgan fingerprint density at radius 3 is 0.947 bits per heavy atom. The third-order valence-corrected chi connectivity index (χ3v) is 16.3. The molecule has 0 aromatic carbocycles. The van der Waals surface area contributed by atoms with E-state index in [9.17, 15) is 19.8 Å². The quantitative estimate of drug-likeness (QED) is 0.0320. The van der Waals surface area contributed by atoms with E-state index in [0.717, 1.165) is 44.9 Å². The van der Waals surface area contributed by atoms with Crippen LogP contribution in [-0.4, -0.2) is 47.4 Å². The van der Waals surface area contributed by atoms with E-state index in [2.05, 4.69) is 31.3 Å². The monoisotopic (exact) mass is 1060 g/mol. The molecule has 3 N–H and O–H groups in total. The van der Waals surface area contributed by atoms with Crippen molar-refractivity contribution in [3.8, 4) is 0 Å². The molecule has 0 spiro atoms. The van der Waals surface area contributed by atoms with Crippen molar-refractivity contribution in [1.82, 2.24) is 5.32 Å². The number of aliphatic hydroxyl groups is 2.